The zero-order valence-electron chi connectivity index (χ0n) is 12.0. The normalized spacial score (nSPS) is 22.2. The molecule has 1 fully saturated rings. The number of hydrogen-bond donors (Lipinski definition) is 1. The summed E-state index contributed by atoms with van der Waals surface area (Å²) < 4.78 is 0. The van der Waals surface area contributed by atoms with Gasteiger partial charge in [-0.1, -0.05) is 44.2 Å². The Morgan fingerprint density at radius 1 is 1.30 bits per heavy atom. The average Bonchev–Trinajstić information content (AvgIpc) is 2.83. The van der Waals surface area contributed by atoms with Crippen molar-refractivity contribution in [2.45, 2.75) is 38.6 Å². The van der Waals surface area contributed by atoms with E-state index in [9.17, 15) is 14.7 Å². The maximum absolute atomic E-state index is 12.3. The molecule has 0 spiro atoms. The number of benzene rings is 1. The third kappa shape index (κ3) is 2.55. The summed E-state index contributed by atoms with van der Waals surface area (Å²) in [4.78, 5) is 25.8. The Morgan fingerprint density at radius 2 is 1.95 bits per heavy atom. The van der Waals surface area contributed by atoms with E-state index in [4.69, 9.17) is 0 Å². The number of rotatable bonds is 4. The largest absolute Gasteiger partial charge is 0.479 e. The van der Waals surface area contributed by atoms with Crippen LogP contribution < -0.4 is 0 Å². The zero-order valence-corrected chi connectivity index (χ0v) is 12.0. The van der Waals surface area contributed by atoms with Crippen molar-refractivity contribution in [2.75, 3.05) is 6.54 Å². The minimum Gasteiger partial charge on any atom is -0.479 e. The average molecular weight is 275 g/mol. The first-order chi connectivity index (χ1) is 9.47. The smallest absolute Gasteiger partial charge is 0.329 e. The number of carbonyl (C=O) groups excluding carboxylic acids is 1. The van der Waals surface area contributed by atoms with Gasteiger partial charge in [-0.3, -0.25) is 4.79 Å². The Morgan fingerprint density at radius 3 is 2.50 bits per heavy atom. The first-order valence-corrected chi connectivity index (χ1v) is 7.06. The lowest BCUT2D eigenvalue weighted by Crippen LogP contribution is -2.55. The van der Waals surface area contributed by atoms with Gasteiger partial charge in [0.25, 0.3) is 0 Å². The van der Waals surface area contributed by atoms with Gasteiger partial charge in [0.1, 0.15) is 5.54 Å². The summed E-state index contributed by atoms with van der Waals surface area (Å²) in [6.07, 6.45) is 1.65. The van der Waals surface area contributed by atoms with Crippen molar-refractivity contribution < 1.29 is 14.7 Å². The Labute approximate surface area is 119 Å². The van der Waals surface area contributed by atoms with Crippen molar-refractivity contribution in [3.63, 3.8) is 0 Å². The second-order valence-corrected chi connectivity index (χ2v) is 5.75. The van der Waals surface area contributed by atoms with Crippen LogP contribution in [-0.2, 0) is 16.0 Å². The number of likely N-dealkylation sites (tertiary alicyclic amines) is 1. The quantitative estimate of drug-likeness (QED) is 0.917. The first kappa shape index (κ1) is 14.6. The highest BCUT2D eigenvalue weighted by Crippen LogP contribution is 2.34. The van der Waals surface area contributed by atoms with Gasteiger partial charge in [0.15, 0.2) is 0 Å². The molecular formula is C16H21NO3. The Bertz CT molecular complexity index is 498. The maximum atomic E-state index is 12.3. The second kappa shape index (κ2) is 5.65. The molecule has 4 nitrogen and oxygen atoms in total. The maximum Gasteiger partial charge on any atom is 0.329 e. The number of carboxylic acids is 1. The summed E-state index contributed by atoms with van der Waals surface area (Å²) in [5, 5.41) is 9.73. The fourth-order valence-corrected chi connectivity index (χ4v) is 2.93. The van der Waals surface area contributed by atoms with Gasteiger partial charge in [-0.05, 0) is 18.4 Å². The van der Waals surface area contributed by atoms with Gasteiger partial charge >= 0.3 is 5.97 Å². The van der Waals surface area contributed by atoms with E-state index in [2.05, 4.69) is 0 Å². The monoisotopic (exact) mass is 275 g/mol. The minimum absolute atomic E-state index is 0.0687. The summed E-state index contributed by atoms with van der Waals surface area (Å²) >= 11 is 0. The number of carbonyl (C=O) groups is 2. The Kier molecular flexibility index (Phi) is 4.12. The van der Waals surface area contributed by atoms with E-state index in [1.807, 2.05) is 44.2 Å². The number of amides is 1. The predicted molar refractivity (Wildman–Crippen MR) is 76.3 cm³/mol. The fourth-order valence-electron chi connectivity index (χ4n) is 2.93. The molecule has 1 saturated heterocycles. The molecule has 0 aromatic heterocycles. The van der Waals surface area contributed by atoms with Crippen LogP contribution in [0.25, 0.3) is 0 Å². The molecule has 1 aromatic carbocycles. The van der Waals surface area contributed by atoms with E-state index < -0.39 is 11.5 Å². The number of hydrogen-bond acceptors (Lipinski definition) is 2. The summed E-state index contributed by atoms with van der Waals surface area (Å²) in [6.45, 7) is 4.17. The first-order valence-electron chi connectivity index (χ1n) is 7.06. The third-order valence-corrected chi connectivity index (χ3v) is 3.99. The Balaban J connectivity index is 2.34. The zero-order chi connectivity index (χ0) is 14.8. The summed E-state index contributed by atoms with van der Waals surface area (Å²) in [7, 11) is 0. The lowest BCUT2D eigenvalue weighted by molar-refractivity contribution is -0.157. The topological polar surface area (TPSA) is 57.6 Å². The molecule has 20 heavy (non-hydrogen) atoms. The van der Waals surface area contributed by atoms with E-state index in [1.165, 1.54) is 0 Å². The highest BCUT2D eigenvalue weighted by molar-refractivity contribution is 5.88. The molecular weight excluding hydrogens is 254 g/mol. The van der Waals surface area contributed by atoms with Crippen LogP contribution in [0.4, 0.5) is 0 Å². The van der Waals surface area contributed by atoms with Crippen LogP contribution in [0.1, 0.15) is 32.3 Å². The summed E-state index contributed by atoms with van der Waals surface area (Å²) in [5.74, 6) is -1.14. The summed E-state index contributed by atoms with van der Waals surface area (Å²) in [5.41, 5.74) is -0.124. The van der Waals surface area contributed by atoms with Gasteiger partial charge in [0.2, 0.25) is 5.91 Å². The molecule has 4 heteroatoms. The van der Waals surface area contributed by atoms with E-state index in [-0.39, 0.29) is 11.8 Å². The number of carboxylic acid groups (broad SMARTS) is 1. The molecule has 0 aliphatic carbocycles. The van der Waals surface area contributed by atoms with Gasteiger partial charge in [0, 0.05) is 18.9 Å². The number of nitrogens with zero attached hydrogens (tertiary/aromatic N) is 1. The molecule has 1 amide bonds. The standard InChI is InChI=1S/C16H21NO3/c1-12(2)14(18)17-10-6-9-16(17,15(19)20)11-13-7-4-3-5-8-13/h3-5,7-8,12H,6,9-11H2,1-2H3,(H,19,20)/t16-/m1/s1. The van der Waals surface area contributed by atoms with Crippen molar-refractivity contribution in [2.24, 2.45) is 5.92 Å². The van der Waals surface area contributed by atoms with Gasteiger partial charge < -0.3 is 10.0 Å². The van der Waals surface area contributed by atoms with Gasteiger partial charge in [-0.2, -0.15) is 0 Å². The van der Waals surface area contributed by atoms with Crippen LogP contribution in [0, 0.1) is 5.92 Å². The van der Waals surface area contributed by atoms with Crippen LogP contribution in [0.15, 0.2) is 30.3 Å². The molecule has 1 atom stereocenters. The van der Waals surface area contributed by atoms with Gasteiger partial charge in [-0.25, -0.2) is 4.79 Å². The van der Waals surface area contributed by atoms with Crippen molar-refractivity contribution in [3.8, 4) is 0 Å². The van der Waals surface area contributed by atoms with Crippen LogP contribution in [-0.4, -0.2) is 34.0 Å². The molecule has 0 unspecified atom stereocenters. The molecule has 0 saturated carbocycles. The van der Waals surface area contributed by atoms with E-state index >= 15 is 0 Å². The van der Waals surface area contributed by atoms with Crippen molar-refractivity contribution >= 4 is 11.9 Å². The van der Waals surface area contributed by atoms with Gasteiger partial charge in [0.05, 0.1) is 0 Å². The molecule has 0 radical (unpaired) electrons. The molecule has 1 aromatic rings. The molecule has 0 bridgehead atoms. The van der Waals surface area contributed by atoms with Crippen LogP contribution in [0.3, 0.4) is 0 Å². The van der Waals surface area contributed by atoms with E-state index in [0.29, 0.717) is 19.4 Å². The number of aliphatic carboxylic acids is 1. The lowest BCUT2D eigenvalue weighted by atomic mass is 9.87. The lowest BCUT2D eigenvalue weighted by Gasteiger charge is -2.36. The molecule has 2 rings (SSSR count). The molecule has 1 heterocycles. The van der Waals surface area contributed by atoms with E-state index in [0.717, 1.165) is 12.0 Å². The summed E-state index contributed by atoms with van der Waals surface area (Å²) in [6, 6.07) is 9.54. The van der Waals surface area contributed by atoms with Crippen LogP contribution >= 0.6 is 0 Å². The van der Waals surface area contributed by atoms with Crippen LogP contribution in [0.2, 0.25) is 0 Å². The molecule has 1 aliphatic rings. The van der Waals surface area contributed by atoms with E-state index in [1.54, 1.807) is 4.90 Å². The predicted octanol–water partition coefficient (Wildman–Crippen LogP) is 2.33. The highest BCUT2D eigenvalue weighted by Gasteiger charge is 2.50. The van der Waals surface area contributed by atoms with Crippen molar-refractivity contribution in [1.29, 1.82) is 0 Å². The third-order valence-electron chi connectivity index (χ3n) is 3.99. The highest BCUT2D eigenvalue weighted by atomic mass is 16.4. The second-order valence-electron chi connectivity index (χ2n) is 5.75. The fraction of sp³-hybridized carbons (Fsp3) is 0.500. The molecule has 1 aliphatic heterocycles. The van der Waals surface area contributed by atoms with Crippen molar-refractivity contribution in [3.05, 3.63) is 35.9 Å². The molecule has 108 valence electrons. The SMILES string of the molecule is CC(C)C(=O)N1CCC[C@@]1(Cc1ccccc1)C(=O)O. The Hall–Kier alpha value is -1.84. The van der Waals surface area contributed by atoms with Crippen LogP contribution in [0.5, 0.6) is 0 Å². The molecule has 1 N–H and O–H groups in total. The minimum atomic E-state index is -1.08. The van der Waals surface area contributed by atoms with Gasteiger partial charge in [-0.15, -0.1) is 0 Å². The van der Waals surface area contributed by atoms with Crippen molar-refractivity contribution in [1.82, 2.24) is 4.90 Å².